The monoisotopic (exact) mass is 615 g/mol. The molecule has 2 aromatic rings. The first-order chi connectivity index (χ1) is 20.7. The number of aromatic hydroxyl groups is 1. The van der Waals surface area contributed by atoms with Gasteiger partial charge in [-0.25, -0.2) is 4.79 Å². The second-order valence-electron chi connectivity index (χ2n) is 10.2. The standard InChI is InChI=1S/C29H37N5O10/c1-15(31-26(40)20(33-28(42)24(30)16(2)35)12-18-8-10-19(36)11-9-18)25(39)32-21(14-23(37)38)27(41)34-22(29(43)44)13-17-6-4-3-5-7-17/h3-11,15-16,20-22,24,35-36H,12-14,30H2,1-2H3,(H,31,40)(H,32,39)(H,33,42)(H,34,41)(H,37,38)(H,43,44)/t15-,16+,20-,21-,22-,24-/m0/s1. The number of nitrogens with one attached hydrogen (secondary N) is 4. The predicted molar refractivity (Wildman–Crippen MR) is 155 cm³/mol. The van der Waals surface area contributed by atoms with Gasteiger partial charge in [0.25, 0.3) is 0 Å². The van der Waals surface area contributed by atoms with E-state index in [0.717, 1.165) is 0 Å². The number of carboxylic acid groups (broad SMARTS) is 2. The van der Waals surface area contributed by atoms with E-state index in [2.05, 4.69) is 21.3 Å². The number of rotatable bonds is 16. The number of amides is 4. The summed E-state index contributed by atoms with van der Waals surface area (Å²) in [6, 6.07) is 7.02. The number of nitrogens with two attached hydrogens (primary N) is 1. The fourth-order valence-corrected chi connectivity index (χ4v) is 3.95. The summed E-state index contributed by atoms with van der Waals surface area (Å²) < 4.78 is 0. The van der Waals surface area contributed by atoms with Crippen LogP contribution < -0.4 is 27.0 Å². The summed E-state index contributed by atoms with van der Waals surface area (Å²) >= 11 is 0. The van der Waals surface area contributed by atoms with E-state index >= 15 is 0 Å². The van der Waals surface area contributed by atoms with E-state index in [0.29, 0.717) is 11.1 Å². The Hall–Kier alpha value is -5.02. The molecule has 2 aromatic carbocycles. The van der Waals surface area contributed by atoms with Crippen molar-refractivity contribution < 1.29 is 49.2 Å². The summed E-state index contributed by atoms with van der Waals surface area (Å²) in [4.78, 5) is 74.7. The first-order valence-electron chi connectivity index (χ1n) is 13.6. The number of carbonyl (C=O) groups is 6. The normalized spacial score (nSPS) is 14.9. The van der Waals surface area contributed by atoms with Crippen molar-refractivity contribution in [1.29, 1.82) is 0 Å². The van der Waals surface area contributed by atoms with Gasteiger partial charge in [0.2, 0.25) is 23.6 Å². The molecule has 10 N–H and O–H groups in total. The first-order valence-corrected chi connectivity index (χ1v) is 13.6. The number of benzene rings is 2. The highest BCUT2D eigenvalue weighted by Crippen LogP contribution is 2.12. The molecule has 0 fully saturated rings. The lowest BCUT2D eigenvalue weighted by atomic mass is 10.0. The molecule has 44 heavy (non-hydrogen) atoms. The Kier molecular flexibility index (Phi) is 13.3. The van der Waals surface area contributed by atoms with Crippen LogP contribution in [0.2, 0.25) is 0 Å². The van der Waals surface area contributed by atoms with Crippen LogP contribution in [0.5, 0.6) is 5.75 Å². The quantitative estimate of drug-likeness (QED) is 0.104. The molecule has 238 valence electrons. The first kappa shape index (κ1) is 35.2. The van der Waals surface area contributed by atoms with Crippen molar-refractivity contribution in [3.8, 4) is 5.75 Å². The molecule has 0 aliphatic carbocycles. The summed E-state index contributed by atoms with van der Waals surface area (Å²) in [5, 5.41) is 47.3. The van der Waals surface area contributed by atoms with E-state index in [1.54, 1.807) is 30.3 Å². The lowest BCUT2D eigenvalue weighted by molar-refractivity contribution is -0.143. The van der Waals surface area contributed by atoms with Crippen molar-refractivity contribution in [2.24, 2.45) is 5.73 Å². The molecule has 0 unspecified atom stereocenters. The lowest BCUT2D eigenvalue weighted by Gasteiger charge is -2.25. The smallest absolute Gasteiger partial charge is 0.326 e. The minimum Gasteiger partial charge on any atom is -0.508 e. The van der Waals surface area contributed by atoms with Crippen molar-refractivity contribution >= 4 is 35.6 Å². The molecule has 0 aliphatic heterocycles. The molecule has 15 nitrogen and oxygen atoms in total. The molecule has 6 atom stereocenters. The maximum Gasteiger partial charge on any atom is 0.326 e. The van der Waals surface area contributed by atoms with Crippen molar-refractivity contribution in [2.45, 2.75) is 69.4 Å². The maximum atomic E-state index is 13.2. The molecule has 2 rings (SSSR count). The number of hydrogen-bond acceptors (Lipinski definition) is 9. The van der Waals surface area contributed by atoms with Gasteiger partial charge in [0.05, 0.1) is 12.5 Å². The van der Waals surface area contributed by atoms with Crippen molar-refractivity contribution in [1.82, 2.24) is 21.3 Å². The number of aliphatic carboxylic acids is 2. The number of hydrogen-bond donors (Lipinski definition) is 9. The third kappa shape index (κ3) is 11.3. The lowest BCUT2D eigenvalue weighted by Crippen LogP contribution is -2.59. The van der Waals surface area contributed by atoms with E-state index < -0.39 is 78.3 Å². The number of aliphatic hydroxyl groups is 1. The number of phenols is 1. The summed E-state index contributed by atoms with van der Waals surface area (Å²) in [6.45, 7) is 2.54. The van der Waals surface area contributed by atoms with E-state index in [-0.39, 0.29) is 18.6 Å². The molecule has 0 saturated carbocycles. The van der Waals surface area contributed by atoms with Crippen LogP contribution in [0, 0.1) is 0 Å². The third-order valence-corrected chi connectivity index (χ3v) is 6.49. The predicted octanol–water partition coefficient (Wildman–Crippen LogP) is -1.60. The van der Waals surface area contributed by atoms with Gasteiger partial charge in [-0.15, -0.1) is 0 Å². The van der Waals surface area contributed by atoms with Crippen LogP contribution >= 0.6 is 0 Å². The molecule has 0 saturated heterocycles. The van der Waals surface area contributed by atoms with E-state index in [4.69, 9.17) is 5.73 Å². The van der Waals surface area contributed by atoms with Crippen LogP contribution in [0.4, 0.5) is 0 Å². The van der Waals surface area contributed by atoms with Gasteiger partial charge in [0, 0.05) is 12.8 Å². The molecule has 0 spiro atoms. The Bertz CT molecular complexity index is 1320. The number of phenolic OH excluding ortho intramolecular Hbond substituents is 1. The minimum absolute atomic E-state index is 0.0325. The summed E-state index contributed by atoms with van der Waals surface area (Å²) in [5.74, 6) is -6.59. The van der Waals surface area contributed by atoms with Crippen molar-refractivity contribution in [3.63, 3.8) is 0 Å². The molecule has 0 aromatic heterocycles. The molecule has 0 radical (unpaired) electrons. The van der Waals surface area contributed by atoms with Gasteiger partial charge in [-0.3, -0.25) is 24.0 Å². The summed E-state index contributed by atoms with van der Waals surface area (Å²) in [5.41, 5.74) is 6.79. The van der Waals surface area contributed by atoms with Gasteiger partial charge in [0.1, 0.15) is 36.0 Å². The maximum absolute atomic E-state index is 13.2. The molecule has 0 bridgehead atoms. The highest BCUT2D eigenvalue weighted by atomic mass is 16.4. The fourth-order valence-electron chi connectivity index (χ4n) is 3.95. The topological polar surface area (TPSA) is 257 Å². The van der Waals surface area contributed by atoms with Gasteiger partial charge < -0.3 is 47.4 Å². The zero-order chi connectivity index (χ0) is 33.0. The van der Waals surface area contributed by atoms with Gasteiger partial charge in [-0.2, -0.15) is 0 Å². The minimum atomic E-state index is -1.69. The van der Waals surface area contributed by atoms with E-state index in [1.165, 1.54) is 38.1 Å². The average molecular weight is 616 g/mol. The van der Waals surface area contributed by atoms with Crippen LogP contribution in [-0.4, -0.2) is 92.3 Å². The Morgan fingerprint density at radius 2 is 1.18 bits per heavy atom. The molecule has 0 aliphatic rings. The summed E-state index contributed by atoms with van der Waals surface area (Å²) in [6.07, 6.45) is -2.31. The molecular weight excluding hydrogens is 578 g/mol. The zero-order valence-corrected chi connectivity index (χ0v) is 24.1. The van der Waals surface area contributed by atoms with Crippen LogP contribution in [-0.2, 0) is 41.6 Å². The highest BCUT2D eigenvalue weighted by Gasteiger charge is 2.32. The van der Waals surface area contributed by atoms with Gasteiger partial charge in [-0.05, 0) is 37.1 Å². The van der Waals surface area contributed by atoms with Gasteiger partial charge in [-0.1, -0.05) is 42.5 Å². The van der Waals surface area contributed by atoms with Crippen LogP contribution in [0.15, 0.2) is 54.6 Å². The molecule has 4 amide bonds. The Balaban J connectivity index is 2.14. The third-order valence-electron chi connectivity index (χ3n) is 6.49. The molecule has 15 heteroatoms. The highest BCUT2D eigenvalue weighted by molar-refractivity contribution is 5.96. The number of carbonyl (C=O) groups excluding carboxylic acids is 4. The second-order valence-corrected chi connectivity index (χ2v) is 10.2. The second kappa shape index (κ2) is 16.6. The molecule has 0 heterocycles. The largest absolute Gasteiger partial charge is 0.508 e. The van der Waals surface area contributed by atoms with E-state index in [1.807, 2.05) is 0 Å². The van der Waals surface area contributed by atoms with Crippen LogP contribution in [0.1, 0.15) is 31.4 Å². The van der Waals surface area contributed by atoms with Crippen molar-refractivity contribution in [2.75, 3.05) is 0 Å². The Morgan fingerprint density at radius 1 is 0.682 bits per heavy atom. The van der Waals surface area contributed by atoms with E-state index in [9.17, 15) is 49.2 Å². The SMILES string of the molecule is C[C@H](NC(=O)[C@H](Cc1ccc(O)cc1)NC(=O)[C@@H](N)[C@@H](C)O)C(=O)N[C@@H](CC(=O)O)C(=O)N[C@@H](Cc1ccccc1)C(=O)O. The summed E-state index contributed by atoms with van der Waals surface area (Å²) in [7, 11) is 0. The Morgan fingerprint density at radius 3 is 1.73 bits per heavy atom. The molecular formula is C29H37N5O10. The number of aliphatic hydroxyl groups excluding tert-OH is 1. The van der Waals surface area contributed by atoms with Crippen molar-refractivity contribution in [3.05, 3.63) is 65.7 Å². The fraction of sp³-hybridized carbons (Fsp3) is 0.379. The van der Waals surface area contributed by atoms with Crippen LogP contribution in [0.25, 0.3) is 0 Å². The van der Waals surface area contributed by atoms with Gasteiger partial charge in [0.15, 0.2) is 0 Å². The average Bonchev–Trinajstić information content (AvgIpc) is 2.96. The van der Waals surface area contributed by atoms with Crippen LogP contribution in [0.3, 0.4) is 0 Å². The number of carboxylic acids is 2. The van der Waals surface area contributed by atoms with Gasteiger partial charge >= 0.3 is 11.9 Å². The zero-order valence-electron chi connectivity index (χ0n) is 24.1. The Labute approximate surface area is 252 Å².